The molecule has 0 saturated carbocycles. The summed E-state index contributed by atoms with van der Waals surface area (Å²) >= 11 is 1.36. The van der Waals surface area contributed by atoms with Gasteiger partial charge in [-0.15, -0.1) is 5.10 Å². The summed E-state index contributed by atoms with van der Waals surface area (Å²) in [6.07, 6.45) is 1.67. The first-order chi connectivity index (χ1) is 6.45. The summed E-state index contributed by atoms with van der Waals surface area (Å²) in [6.45, 7) is 1.46. The van der Waals surface area contributed by atoms with E-state index in [-0.39, 0.29) is 0 Å². The van der Waals surface area contributed by atoms with Crippen LogP contribution in [-0.2, 0) is 13.1 Å². The Bertz CT molecular complexity index is 296. The SMILES string of the molecule is c1coc(CNCc2csnn2)c1. The lowest BCUT2D eigenvalue weighted by Crippen LogP contribution is -2.12. The molecular formula is C8H9N3OS. The van der Waals surface area contributed by atoms with E-state index >= 15 is 0 Å². The van der Waals surface area contributed by atoms with E-state index in [4.69, 9.17) is 4.42 Å². The summed E-state index contributed by atoms with van der Waals surface area (Å²) in [6, 6.07) is 3.81. The minimum absolute atomic E-state index is 0.727. The van der Waals surface area contributed by atoms with Gasteiger partial charge in [0.25, 0.3) is 0 Å². The number of hydrogen-bond donors (Lipinski definition) is 1. The van der Waals surface area contributed by atoms with Gasteiger partial charge in [-0.05, 0) is 23.7 Å². The smallest absolute Gasteiger partial charge is 0.117 e. The van der Waals surface area contributed by atoms with Gasteiger partial charge in [0, 0.05) is 11.9 Å². The molecule has 0 aliphatic carbocycles. The fourth-order valence-electron chi connectivity index (χ4n) is 0.988. The van der Waals surface area contributed by atoms with Crippen molar-refractivity contribution in [2.24, 2.45) is 0 Å². The Balaban J connectivity index is 1.76. The van der Waals surface area contributed by atoms with Crippen molar-refractivity contribution in [1.82, 2.24) is 14.9 Å². The molecule has 0 aliphatic rings. The second kappa shape index (κ2) is 4.15. The summed E-state index contributed by atoms with van der Waals surface area (Å²) in [4.78, 5) is 0. The van der Waals surface area contributed by atoms with Gasteiger partial charge in [0.2, 0.25) is 0 Å². The Kier molecular flexibility index (Phi) is 2.68. The molecule has 2 rings (SSSR count). The molecule has 2 heterocycles. The molecule has 68 valence electrons. The van der Waals surface area contributed by atoms with Crippen LogP contribution in [-0.4, -0.2) is 9.59 Å². The highest BCUT2D eigenvalue weighted by atomic mass is 32.1. The van der Waals surface area contributed by atoms with Crippen molar-refractivity contribution in [1.29, 1.82) is 0 Å². The van der Waals surface area contributed by atoms with E-state index in [1.165, 1.54) is 11.5 Å². The van der Waals surface area contributed by atoms with Crippen molar-refractivity contribution in [3.63, 3.8) is 0 Å². The summed E-state index contributed by atoms with van der Waals surface area (Å²) in [5.41, 5.74) is 0.969. The van der Waals surface area contributed by atoms with Crippen LogP contribution in [0.3, 0.4) is 0 Å². The maximum absolute atomic E-state index is 5.16. The van der Waals surface area contributed by atoms with Crippen molar-refractivity contribution >= 4 is 11.5 Å². The van der Waals surface area contributed by atoms with Gasteiger partial charge in [-0.25, -0.2) is 0 Å². The third-order valence-corrected chi connectivity index (χ3v) is 2.14. The highest BCUT2D eigenvalue weighted by Crippen LogP contribution is 2.00. The van der Waals surface area contributed by atoms with Crippen molar-refractivity contribution in [2.75, 3.05) is 0 Å². The molecule has 0 bridgehead atoms. The van der Waals surface area contributed by atoms with E-state index in [2.05, 4.69) is 14.9 Å². The van der Waals surface area contributed by atoms with E-state index in [1.807, 2.05) is 17.5 Å². The average Bonchev–Trinajstić information content (AvgIpc) is 2.75. The first-order valence-corrected chi connectivity index (χ1v) is 4.78. The highest BCUT2D eigenvalue weighted by molar-refractivity contribution is 7.03. The third-order valence-electron chi connectivity index (χ3n) is 1.59. The van der Waals surface area contributed by atoms with Crippen LogP contribution in [0.1, 0.15) is 11.5 Å². The fraction of sp³-hybridized carbons (Fsp3) is 0.250. The molecule has 0 aromatic carbocycles. The average molecular weight is 195 g/mol. The lowest BCUT2D eigenvalue weighted by molar-refractivity contribution is 0.481. The molecule has 1 N–H and O–H groups in total. The van der Waals surface area contributed by atoms with Gasteiger partial charge in [0.15, 0.2) is 0 Å². The van der Waals surface area contributed by atoms with Crippen LogP contribution < -0.4 is 5.32 Å². The summed E-state index contributed by atoms with van der Waals surface area (Å²) < 4.78 is 8.92. The van der Waals surface area contributed by atoms with Crippen molar-refractivity contribution in [3.8, 4) is 0 Å². The van der Waals surface area contributed by atoms with Crippen LogP contribution in [0.25, 0.3) is 0 Å². The van der Waals surface area contributed by atoms with E-state index in [0.717, 1.165) is 24.5 Å². The van der Waals surface area contributed by atoms with Crippen LogP contribution in [0.4, 0.5) is 0 Å². The molecule has 0 saturated heterocycles. The molecule has 0 unspecified atom stereocenters. The molecule has 0 spiro atoms. The quantitative estimate of drug-likeness (QED) is 0.801. The third kappa shape index (κ3) is 2.37. The van der Waals surface area contributed by atoms with E-state index in [9.17, 15) is 0 Å². The minimum atomic E-state index is 0.727. The predicted octanol–water partition coefficient (Wildman–Crippen LogP) is 1.42. The molecule has 0 amide bonds. The summed E-state index contributed by atoms with van der Waals surface area (Å²) in [5, 5.41) is 9.04. The molecular weight excluding hydrogens is 186 g/mol. The first-order valence-electron chi connectivity index (χ1n) is 3.94. The number of furan rings is 1. The Hall–Kier alpha value is -1.20. The molecule has 5 heteroatoms. The van der Waals surface area contributed by atoms with Gasteiger partial charge in [0.05, 0.1) is 18.5 Å². The van der Waals surface area contributed by atoms with Crippen LogP contribution in [0.15, 0.2) is 28.2 Å². The Morgan fingerprint density at radius 2 is 2.46 bits per heavy atom. The number of hydrogen-bond acceptors (Lipinski definition) is 5. The van der Waals surface area contributed by atoms with Crippen LogP contribution in [0.2, 0.25) is 0 Å². The minimum Gasteiger partial charge on any atom is -0.468 e. The van der Waals surface area contributed by atoms with E-state index < -0.39 is 0 Å². The second-order valence-corrected chi connectivity index (χ2v) is 3.19. The van der Waals surface area contributed by atoms with Crippen LogP contribution in [0, 0.1) is 0 Å². The lowest BCUT2D eigenvalue weighted by Gasteiger charge is -1.97. The Morgan fingerprint density at radius 3 is 3.15 bits per heavy atom. The molecule has 0 atom stereocenters. The van der Waals surface area contributed by atoms with E-state index in [0.29, 0.717) is 0 Å². The Morgan fingerprint density at radius 1 is 1.46 bits per heavy atom. The first kappa shape index (κ1) is 8.40. The number of rotatable bonds is 4. The van der Waals surface area contributed by atoms with E-state index in [1.54, 1.807) is 6.26 Å². The molecule has 13 heavy (non-hydrogen) atoms. The largest absolute Gasteiger partial charge is 0.468 e. The van der Waals surface area contributed by atoms with Crippen molar-refractivity contribution < 1.29 is 4.42 Å². The van der Waals surface area contributed by atoms with Crippen molar-refractivity contribution in [3.05, 3.63) is 35.2 Å². The summed E-state index contributed by atoms with van der Waals surface area (Å²) in [5.74, 6) is 0.934. The zero-order chi connectivity index (χ0) is 8.93. The van der Waals surface area contributed by atoms with Crippen LogP contribution >= 0.6 is 11.5 Å². The zero-order valence-corrected chi connectivity index (χ0v) is 7.75. The van der Waals surface area contributed by atoms with Gasteiger partial charge in [-0.1, -0.05) is 4.49 Å². The van der Waals surface area contributed by atoms with Gasteiger partial charge >= 0.3 is 0 Å². The highest BCUT2D eigenvalue weighted by Gasteiger charge is 1.97. The molecule has 0 aliphatic heterocycles. The van der Waals surface area contributed by atoms with Gasteiger partial charge in [-0.3, -0.25) is 0 Å². The standard InChI is InChI=1S/C8H9N3OS/c1-2-8(12-3-1)5-9-4-7-6-13-11-10-7/h1-3,6,9H,4-5H2. The van der Waals surface area contributed by atoms with Crippen LogP contribution in [0.5, 0.6) is 0 Å². The molecule has 2 aromatic heterocycles. The maximum Gasteiger partial charge on any atom is 0.117 e. The van der Waals surface area contributed by atoms with Gasteiger partial charge < -0.3 is 9.73 Å². The van der Waals surface area contributed by atoms with Gasteiger partial charge in [0.1, 0.15) is 5.76 Å². The molecule has 0 fully saturated rings. The molecule has 0 radical (unpaired) electrons. The normalized spacial score (nSPS) is 10.5. The second-order valence-electron chi connectivity index (χ2n) is 2.58. The topological polar surface area (TPSA) is 51.0 Å². The Labute approximate surface area is 79.8 Å². The predicted molar refractivity (Wildman–Crippen MR) is 49.2 cm³/mol. The fourth-order valence-corrected chi connectivity index (χ4v) is 1.44. The number of aromatic nitrogens is 2. The summed E-state index contributed by atoms with van der Waals surface area (Å²) in [7, 11) is 0. The lowest BCUT2D eigenvalue weighted by atomic mass is 10.4. The number of nitrogens with zero attached hydrogens (tertiary/aromatic N) is 2. The zero-order valence-electron chi connectivity index (χ0n) is 6.93. The number of nitrogens with one attached hydrogen (secondary N) is 1. The molecule has 4 nitrogen and oxygen atoms in total. The maximum atomic E-state index is 5.16. The monoisotopic (exact) mass is 195 g/mol. The molecule has 2 aromatic rings. The van der Waals surface area contributed by atoms with Gasteiger partial charge in [-0.2, -0.15) is 0 Å². The van der Waals surface area contributed by atoms with Crippen molar-refractivity contribution in [2.45, 2.75) is 13.1 Å².